The highest BCUT2D eigenvalue weighted by atomic mass is 16.1. The predicted octanol–water partition coefficient (Wildman–Crippen LogP) is 3.69. The number of nitrogens with zero attached hydrogens (tertiary/aromatic N) is 3. The molecule has 0 spiro atoms. The fourth-order valence-electron chi connectivity index (χ4n) is 2.84. The summed E-state index contributed by atoms with van der Waals surface area (Å²) in [6, 6.07) is 6.38. The van der Waals surface area contributed by atoms with Crippen molar-refractivity contribution in [1.29, 1.82) is 5.26 Å². The van der Waals surface area contributed by atoms with Gasteiger partial charge in [0.2, 0.25) is 0 Å². The minimum absolute atomic E-state index is 0.0809. The smallest absolute Gasteiger partial charge is 0.266 e. The van der Waals surface area contributed by atoms with Crippen molar-refractivity contribution in [2.24, 2.45) is 0 Å². The Morgan fingerprint density at radius 1 is 1.12 bits per heavy atom. The van der Waals surface area contributed by atoms with Gasteiger partial charge in [-0.15, -0.1) is 0 Å². The molecule has 1 aromatic heterocycles. The average Bonchev–Trinajstić information content (AvgIpc) is 2.47. The number of hydrogen-bond donors (Lipinski definition) is 0. The van der Waals surface area contributed by atoms with Crippen LogP contribution in [-0.2, 0) is 12.0 Å². The van der Waals surface area contributed by atoms with Gasteiger partial charge in [-0.2, -0.15) is 10.4 Å². The fraction of sp³-hybridized carbons (Fsp3) is 0.450. The predicted molar refractivity (Wildman–Crippen MR) is 96.4 cm³/mol. The van der Waals surface area contributed by atoms with Gasteiger partial charge in [0, 0.05) is 0 Å². The maximum absolute atomic E-state index is 12.5. The summed E-state index contributed by atoms with van der Waals surface area (Å²) in [6.45, 7) is 14.7. The molecular formula is C20H25N3O. The second-order valence-corrected chi connectivity index (χ2v) is 7.50. The largest absolute Gasteiger partial charge is 0.285 e. The number of aromatic nitrogens is 2. The fourth-order valence-corrected chi connectivity index (χ4v) is 2.84. The van der Waals surface area contributed by atoms with Gasteiger partial charge in [-0.3, -0.25) is 4.79 Å². The molecule has 2 aromatic rings. The Morgan fingerprint density at radius 3 is 2.12 bits per heavy atom. The molecule has 0 unspecified atom stereocenters. The third-order valence-electron chi connectivity index (χ3n) is 4.62. The molecule has 1 aromatic carbocycles. The first-order chi connectivity index (χ1) is 11.1. The molecule has 0 radical (unpaired) electrons. The minimum atomic E-state index is -0.320. The van der Waals surface area contributed by atoms with Crippen LogP contribution in [0.1, 0.15) is 59.8 Å². The average molecular weight is 323 g/mol. The van der Waals surface area contributed by atoms with Crippen LogP contribution in [-0.4, -0.2) is 9.78 Å². The van der Waals surface area contributed by atoms with E-state index in [2.05, 4.69) is 51.9 Å². The van der Waals surface area contributed by atoms with Gasteiger partial charge in [0.15, 0.2) is 0 Å². The summed E-state index contributed by atoms with van der Waals surface area (Å²) in [5.74, 6) is 0. The van der Waals surface area contributed by atoms with E-state index in [4.69, 9.17) is 0 Å². The Morgan fingerprint density at radius 2 is 1.67 bits per heavy atom. The van der Waals surface area contributed by atoms with Gasteiger partial charge in [0.05, 0.1) is 12.2 Å². The molecule has 24 heavy (non-hydrogen) atoms. The minimum Gasteiger partial charge on any atom is -0.266 e. The maximum atomic E-state index is 12.5. The molecule has 0 atom stereocenters. The summed E-state index contributed by atoms with van der Waals surface area (Å²) in [6.07, 6.45) is 0. The van der Waals surface area contributed by atoms with Crippen LogP contribution in [0.4, 0.5) is 0 Å². The quantitative estimate of drug-likeness (QED) is 0.847. The van der Waals surface area contributed by atoms with Gasteiger partial charge in [0.25, 0.3) is 5.56 Å². The van der Waals surface area contributed by atoms with Crippen LogP contribution >= 0.6 is 0 Å². The van der Waals surface area contributed by atoms with Crippen LogP contribution in [0, 0.1) is 39.0 Å². The summed E-state index contributed by atoms with van der Waals surface area (Å²) < 4.78 is 1.41. The number of hydrogen-bond acceptors (Lipinski definition) is 3. The van der Waals surface area contributed by atoms with E-state index in [1.807, 2.05) is 13.0 Å². The van der Waals surface area contributed by atoms with Gasteiger partial charge in [-0.1, -0.05) is 32.9 Å². The highest BCUT2D eigenvalue weighted by Gasteiger charge is 2.18. The maximum Gasteiger partial charge on any atom is 0.285 e. The summed E-state index contributed by atoms with van der Waals surface area (Å²) in [5, 5.41) is 13.6. The molecule has 0 aliphatic heterocycles. The molecule has 0 aliphatic rings. The lowest BCUT2D eigenvalue weighted by atomic mass is 9.84. The van der Waals surface area contributed by atoms with Crippen molar-refractivity contribution < 1.29 is 0 Å². The monoisotopic (exact) mass is 323 g/mol. The highest BCUT2D eigenvalue weighted by molar-refractivity contribution is 5.41. The van der Waals surface area contributed by atoms with Gasteiger partial charge in [-0.25, -0.2) is 4.68 Å². The van der Waals surface area contributed by atoms with Gasteiger partial charge in [-0.05, 0) is 60.9 Å². The first-order valence-electron chi connectivity index (χ1n) is 8.15. The van der Waals surface area contributed by atoms with E-state index in [0.29, 0.717) is 17.8 Å². The first-order valence-corrected chi connectivity index (χ1v) is 8.15. The zero-order valence-corrected chi connectivity index (χ0v) is 15.6. The van der Waals surface area contributed by atoms with Crippen molar-refractivity contribution in [2.75, 3.05) is 0 Å². The van der Waals surface area contributed by atoms with Crippen molar-refractivity contribution in [2.45, 2.75) is 60.4 Å². The second-order valence-electron chi connectivity index (χ2n) is 7.50. The number of benzene rings is 1. The lowest BCUT2D eigenvalue weighted by Gasteiger charge is -2.22. The van der Waals surface area contributed by atoms with E-state index in [-0.39, 0.29) is 16.5 Å². The van der Waals surface area contributed by atoms with Gasteiger partial charge < -0.3 is 0 Å². The Kier molecular flexibility index (Phi) is 4.66. The van der Waals surface area contributed by atoms with Crippen molar-refractivity contribution in [3.8, 4) is 6.07 Å². The van der Waals surface area contributed by atoms with Crippen molar-refractivity contribution in [3.05, 3.63) is 61.6 Å². The van der Waals surface area contributed by atoms with Crippen molar-refractivity contribution in [3.63, 3.8) is 0 Å². The van der Waals surface area contributed by atoms with Crippen LogP contribution < -0.4 is 5.56 Å². The number of aryl methyl sites for hydroxylation is 3. The molecule has 0 bridgehead atoms. The van der Waals surface area contributed by atoms with E-state index < -0.39 is 0 Å². The Bertz CT molecular complexity index is 870. The van der Waals surface area contributed by atoms with Gasteiger partial charge >= 0.3 is 0 Å². The molecule has 2 rings (SSSR count). The summed E-state index contributed by atoms with van der Waals surface area (Å²) >= 11 is 0. The lowest BCUT2D eigenvalue weighted by molar-refractivity contribution is 0.586. The zero-order valence-electron chi connectivity index (χ0n) is 15.6. The molecule has 0 saturated heterocycles. The van der Waals surface area contributed by atoms with Crippen molar-refractivity contribution in [1.82, 2.24) is 9.78 Å². The van der Waals surface area contributed by atoms with E-state index in [9.17, 15) is 10.1 Å². The molecule has 126 valence electrons. The Labute approximate surface area is 143 Å². The summed E-state index contributed by atoms with van der Waals surface area (Å²) in [4.78, 5) is 12.5. The van der Waals surface area contributed by atoms with E-state index >= 15 is 0 Å². The van der Waals surface area contributed by atoms with Crippen LogP contribution in [0.2, 0.25) is 0 Å². The molecule has 0 N–H and O–H groups in total. The molecule has 4 nitrogen and oxygen atoms in total. The first kappa shape index (κ1) is 17.9. The highest BCUT2D eigenvalue weighted by Crippen LogP contribution is 2.27. The van der Waals surface area contributed by atoms with Crippen LogP contribution in [0.5, 0.6) is 0 Å². The van der Waals surface area contributed by atoms with E-state index in [1.165, 1.54) is 10.2 Å². The second kappa shape index (κ2) is 6.24. The molecule has 4 heteroatoms. The number of rotatable bonds is 2. The molecule has 0 amide bonds. The normalized spacial score (nSPS) is 11.4. The van der Waals surface area contributed by atoms with Crippen molar-refractivity contribution >= 4 is 0 Å². The molecule has 0 aliphatic carbocycles. The summed E-state index contributed by atoms with van der Waals surface area (Å²) in [5.41, 5.74) is 5.98. The third-order valence-corrected chi connectivity index (χ3v) is 4.62. The topological polar surface area (TPSA) is 58.7 Å². The lowest BCUT2D eigenvalue weighted by Crippen LogP contribution is -2.28. The van der Waals surface area contributed by atoms with Crippen LogP contribution in [0.15, 0.2) is 16.9 Å². The Balaban J connectivity index is 2.57. The SMILES string of the molecule is Cc1cc(C(C)(C)C)cc(C)c1Cn1nc(C)c(C)c(C#N)c1=O. The molecule has 0 saturated carbocycles. The molecule has 0 fully saturated rings. The van der Waals surface area contributed by atoms with Gasteiger partial charge in [0.1, 0.15) is 11.6 Å². The van der Waals surface area contributed by atoms with Crippen LogP contribution in [0.25, 0.3) is 0 Å². The summed E-state index contributed by atoms with van der Waals surface area (Å²) in [7, 11) is 0. The number of nitriles is 1. The zero-order chi connectivity index (χ0) is 18.2. The van der Waals surface area contributed by atoms with E-state index in [1.54, 1.807) is 6.92 Å². The molecular weight excluding hydrogens is 298 g/mol. The molecule has 1 heterocycles. The Hall–Kier alpha value is -2.41. The van der Waals surface area contributed by atoms with Crippen LogP contribution in [0.3, 0.4) is 0 Å². The van der Waals surface area contributed by atoms with E-state index in [0.717, 1.165) is 16.7 Å². The standard InChI is InChI=1S/C20H25N3O/c1-12-8-16(20(5,6)7)9-13(2)18(12)11-23-19(24)17(10-21)14(3)15(4)22-23/h8-9H,11H2,1-7H3. The third kappa shape index (κ3) is 3.26.